The Labute approximate surface area is 117 Å². The monoisotopic (exact) mass is 297 g/mol. The molecule has 0 aliphatic carbocycles. The molecule has 0 fully saturated rings. The molecule has 0 spiro atoms. The van der Waals surface area contributed by atoms with Gasteiger partial charge < -0.3 is 9.84 Å². The van der Waals surface area contributed by atoms with E-state index in [1.807, 2.05) is 0 Å². The van der Waals surface area contributed by atoms with Crippen LogP contribution in [0, 0.1) is 17.5 Å². The Balaban J connectivity index is 2.61. The number of carboxylic acids is 1. The zero-order valence-electron chi connectivity index (χ0n) is 10.9. The van der Waals surface area contributed by atoms with Crippen LogP contribution < -0.4 is 0 Å². The van der Waals surface area contributed by atoms with Gasteiger partial charge in [-0.3, -0.25) is 0 Å². The number of carboxylic acid groups (broad SMARTS) is 1. The van der Waals surface area contributed by atoms with E-state index in [1.165, 1.54) is 7.11 Å². The lowest BCUT2D eigenvalue weighted by Gasteiger charge is -2.09. The lowest BCUT2D eigenvalue weighted by atomic mass is 10.1. The van der Waals surface area contributed by atoms with Gasteiger partial charge in [-0.05, 0) is 29.8 Å². The summed E-state index contributed by atoms with van der Waals surface area (Å²) in [4.78, 5) is 14.3. The van der Waals surface area contributed by atoms with E-state index in [9.17, 15) is 18.0 Å². The Morgan fingerprint density at radius 2 is 1.81 bits per heavy atom. The molecule has 0 aliphatic rings. The van der Waals surface area contributed by atoms with Crippen molar-refractivity contribution in [3.8, 4) is 11.3 Å². The van der Waals surface area contributed by atoms with E-state index < -0.39 is 40.4 Å². The van der Waals surface area contributed by atoms with Crippen LogP contribution in [0.15, 0.2) is 24.3 Å². The highest BCUT2D eigenvalue weighted by Gasteiger charge is 2.20. The van der Waals surface area contributed by atoms with Crippen LogP contribution in [0.25, 0.3) is 11.3 Å². The highest BCUT2D eigenvalue weighted by atomic mass is 19.1. The maximum Gasteiger partial charge on any atom is 0.354 e. The highest BCUT2D eigenvalue weighted by molar-refractivity contribution is 5.86. The minimum atomic E-state index is -1.42. The predicted molar refractivity (Wildman–Crippen MR) is 67.2 cm³/mol. The first kappa shape index (κ1) is 15.0. The quantitative estimate of drug-likeness (QED) is 0.942. The molecule has 4 nitrogen and oxygen atoms in total. The van der Waals surface area contributed by atoms with Crippen LogP contribution >= 0.6 is 0 Å². The van der Waals surface area contributed by atoms with Crippen molar-refractivity contribution in [2.75, 3.05) is 7.11 Å². The van der Waals surface area contributed by atoms with Gasteiger partial charge in [0.2, 0.25) is 0 Å². The fraction of sp³-hybridized carbons (Fsp3) is 0.143. The number of pyridine rings is 1. The molecule has 7 heteroatoms. The van der Waals surface area contributed by atoms with Crippen LogP contribution in [0.2, 0.25) is 0 Å². The van der Waals surface area contributed by atoms with E-state index >= 15 is 0 Å². The van der Waals surface area contributed by atoms with Crippen molar-refractivity contribution in [1.82, 2.24) is 4.98 Å². The molecule has 0 saturated carbocycles. The zero-order valence-corrected chi connectivity index (χ0v) is 10.9. The summed E-state index contributed by atoms with van der Waals surface area (Å²) in [5, 5.41) is 8.81. The van der Waals surface area contributed by atoms with E-state index in [-0.39, 0.29) is 12.2 Å². The molecule has 110 valence electrons. The van der Waals surface area contributed by atoms with Gasteiger partial charge in [0.15, 0.2) is 0 Å². The number of hydrogen-bond donors (Lipinski definition) is 1. The smallest absolute Gasteiger partial charge is 0.354 e. The molecular weight excluding hydrogens is 287 g/mol. The average molecular weight is 297 g/mol. The Hall–Kier alpha value is -2.41. The second-order valence-corrected chi connectivity index (χ2v) is 4.20. The Bertz CT molecular complexity index is 681. The van der Waals surface area contributed by atoms with Gasteiger partial charge in [-0.25, -0.2) is 22.9 Å². The van der Waals surface area contributed by atoms with Crippen LogP contribution in [0.1, 0.15) is 16.1 Å². The third-order valence-corrected chi connectivity index (χ3v) is 2.71. The third-order valence-electron chi connectivity index (χ3n) is 2.71. The van der Waals surface area contributed by atoms with Crippen molar-refractivity contribution in [3.63, 3.8) is 0 Å². The van der Waals surface area contributed by atoms with Gasteiger partial charge in [0.25, 0.3) is 0 Å². The number of halogens is 3. The van der Waals surface area contributed by atoms with E-state index in [0.29, 0.717) is 0 Å². The van der Waals surface area contributed by atoms with Gasteiger partial charge in [-0.1, -0.05) is 0 Å². The van der Waals surface area contributed by atoms with E-state index in [2.05, 4.69) is 4.98 Å². The second kappa shape index (κ2) is 5.92. The molecule has 1 aromatic carbocycles. The van der Waals surface area contributed by atoms with Gasteiger partial charge >= 0.3 is 5.97 Å². The van der Waals surface area contributed by atoms with E-state index in [0.717, 1.165) is 24.3 Å². The number of aromatic nitrogens is 1. The first-order chi connectivity index (χ1) is 9.93. The van der Waals surface area contributed by atoms with Crippen molar-refractivity contribution >= 4 is 5.97 Å². The van der Waals surface area contributed by atoms with Gasteiger partial charge in [-0.15, -0.1) is 0 Å². The first-order valence-corrected chi connectivity index (χ1v) is 5.81. The zero-order chi connectivity index (χ0) is 15.6. The highest BCUT2D eigenvalue weighted by Crippen LogP contribution is 2.28. The molecular formula is C14H10F3NO3. The summed E-state index contributed by atoms with van der Waals surface area (Å²) >= 11 is 0. The number of hydrogen-bond acceptors (Lipinski definition) is 3. The Morgan fingerprint density at radius 3 is 2.33 bits per heavy atom. The summed E-state index contributed by atoms with van der Waals surface area (Å²) in [5.74, 6) is -4.53. The predicted octanol–water partition coefficient (Wildman–Crippen LogP) is 3.01. The molecule has 0 radical (unpaired) electrons. The molecule has 1 heterocycles. The molecule has 0 atom stereocenters. The average Bonchev–Trinajstić information content (AvgIpc) is 2.40. The Morgan fingerprint density at radius 1 is 1.19 bits per heavy atom. The summed E-state index contributed by atoms with van der Waals surface area (Å²) in [6.45, 7) is -0.0147. The minimum Gasteiger partial charge on any atom is -0.477 e. The summed E-state index contributed by atoms with van der Waals surface area (Å²) < 4.78 is 46.4. The fourth-order valence-corrected chi connectivity index (χ4v) is 1.84. The van der Waals surface area contributed by atoms with Crippen LogP contribution in [-0.4, -0.2) is 23.2 Å². The van der Waals surface area contributed by atoms with Crippen LogP contribution in [-0.2, 0) is 11.3 Å². The summed E-state index contributed by atoms with van der Waals surface area (Å²) in [6.07, 6.45) is 0. The topological polar surface area (TPSA) is 59.4 Å². The number of benzene rings is 1. The SMILES string of the molecule is COCc1cc(F)c(-c2nc(C(=O)O)ccc2F)c(F)c1. The summed E-state index contributed by atoms with van der Waals surface area (Å²) in [7, 11) is 1.36. The number of carbonyl (C=O) groups is 1. The molecule has 0 amide bonds. The molecule has 1 aromatic heterocycles. The fourth-order valence-electron chi connectivity index (χ4n) is 1.84. The maximum atomic E-state index is 14.0. The van der Waals surface area contributed by atoms with Crippen molar-refractivity contribution in [2.24, 2.45) is 0 Å². The maximum absolute atomic E-state index is 14.0. The van der Waals surface area contributed by atoms with Crippen molar-refractivity contribution < 1.29 is 27.8 Å². The number of methoxy groups -OCH3 is 1. The van der Waals surface area contributed by atoms with Gasteiger partial charge in [0.1, 0.15) is 28.8 Å². The van der Waals surface area contributed by atoms with Crippen molar-refractivity contribution in [3.05, 3.63) is 53.0 Å². The molecule has 2 rings (SSSR count). The second-order valence-electron chi connectivity index (χ2n) is 4.20. The Kier molecular flexibility index (Phi) is 4.23. The van der Waals surface area contributed by atoms with Gasteiger partial charge in [-0.2, -0.15) is 0 Å². The molecule has 0 saturated heterocycles. The van der Waals surface area contributed by atoms with Crippen LogP contribution in [0.4, 0.5) is 13.2 Å². The van der Waals surface area contributed by atoms with E-state index in [4.69, 9.17) is 9.84 Å². The largest absolute Gasteiger partial charge is 0.477 e. The summed E-state index contributed by atoms with van der Waals surface area (Å²) in [6, 6.07) is 3.68. The number of nitrogens with zero attached hydrogens (tertiary/aromatic N) is 1. The first-order valence-electron chi connectivity index (χ1n) is 5.81. The molecule has 0 bridgehead atoms. The lowest BCUT2D eigenvalue weighted by Crippen LogP contribution is -2.05. The standard InChI is InChI=1S/C14H10F3NO3/c1-21-6-7-4-9(16)12(10(17)5-7)13-8(15)2-3-11(18-13)14(19)20/h2-5H,6H2,1H3,(H,19,20). The molecule has 0 aliphatic heterocycles. The number of rotatable bonds is 4. The molecule has 1 N–H and O–H groups in total. The molecule has 2 aromatic rings. The van der Waals surface area contributed by atoms with Crippen LogP contribution in [0.3, 0.4) is 0 Å². The van der Waals surface area contributed by atoms with Gasteiger partial charge in [0.05, 0.1) is 12.2 Å². The molecule has 0 unspecified atom stereocenters. The van der Waals surface area contributed by atoms with Gasteiger partial charge in [0, 0.05) is 7.11 Å². The van der Waals surface area contributed by atoms with E-state index in [1.54, 1.807) is 0 Å². The molecule has 21 heavy (non-hydrogen) atoms. The lowest BCUT2D eigenvalue weighted by molar-refractivity contribution is 0.0690. The van der Waals surface area contributed by atoms with Crippen LogP contribution in [0.5, 0.6) is 0 Å². The number of aromatic carboxylic acids is 1. The normalized spacial score (nSPS) is 10.7. The van der Waals surface area contributed by atoms with Crippen molar-refractivity contribution in [2.45, 2.75) is 6.61 Å². The minimum absolute atomic E-state index is 0.0147. The number of ether oxygens (including phenoxy) is 1. The summed E-state index contributed by atoms with van der Waals surface area (Å²) in [5.41, 5.74) is -1.68. The third kappa shape index (κ3) is 3.03. The van der Waals surface area contributed by atoms with Crippen molar-refractivity contribution in [1.29, 1.82) is 0 Å².